The summed E-state index contributed by atoms with van der Waals surface area (Å²) in [4.78, 5) is 34.5. The molecule has 0 radical (unpaired) electrons. The number of anilines is 1. The number of aromatic nitrogens is 2. The van der Waals surface area contributed by atoms with E-state index in [-0.39, 0.29) is 46.0 Å². The summed E-state index contributed by atoms with van der Waals surface area (Å²) >= 11 is 0. The fourth-order valence-electron chi connectivity index (χ4n) is 4.32. The van der Waals surface area contributed by atoms with Crippen LogP contribution in [0.4, 0.5) is 11.6 Å². The molecule has 3 aromatic rings. The van der Waals surface area contributed by atoms with E-state index in [4.69, 9.17) is 11.5 Å². The summed E-state index contributed by atoms with van der Waals surface area (Å²) in [7, 11) is 0. The van der Waals surface area contributed by atoms with Crippen molar-refractivity contribution in [3.8, 4) is 5.75 Å². The molecule has 1 aliphatic heterocycles. The quantitative estimate of drug-likeness (QED) is 0.350. The molecule has 1 saturated heterocycles. The summed E-state index contributed by atoms with van der Waals surface area (Å²) in [5.41, 5.74) is 13.5. The van der Waals surface area contributed by atoms with E-state index in [1.165, 1.54) is 0 Å². The number of amides is 1. The van der Waals surface area contributed by atoms with E-state index >= 15 is 0 Å². The standard InChI is InChI=1S/C28H34N8O2/c1-28(2,3)23(19-9-5-4-6-10-19)34-25(30)24(29)33-21-12-7-11-20(22(21)37)26(38)35-15-17-36(18-16-35)27-31-13-8-14-32-27/h4-14,23,37H,15-18H2,1-3H3,(H2,29,33)(H2,30,34)/t23-/m0/s1. The lowest BCUT2D eigenvalue weighted by atomic mass is 9.83. The molecule has 10 heteroatoms. The van der Waals surface area contributed by atoms with Gasteiger partial charge in [0.15, 0.2) is 17.4 Å². The van der Waals surface area contributed by atoms with Crippen LogP contribution in [0, 0.1) is 5.41 Å². The molecule has 1 fully saturated rings. The Labute approximate surface area is 222 Å². The van der Waals surface area contributed by atoms with Crippen LogP contribution in [-0.2, 0) is 0 Å². The van der Waals surface area contributed by atoms with Crippen LogP contribution in [0.3, 0.4) is 0 Å². The number of hydrogen-bond acceptors (Lipinski definition) is 7. The van der Waals surface area contributed by atoms with Gasteiger partial charge in [0.05, 0.1) is 11.6 Å². The molecule has 1 aliphatic rings. The number of aromatic hydroxyl groups is 1. The number of nitrogens with two attached hydrogens (primary N) is 2. The van der Waals surface area contributed by atoms with Crippen molar-refractivity contribution in [2.75, 3.05) is 31.1 Å². The fourth-order valence-corrected chi connectivity index (χ4v) is 4.32. The van der Waals surface area contributed by atoms with E-state index in [9.17, 15) is 9.90 Å². The van der Waals surface area contributed by atoms with E-state index in [0.717, 1.165) is 5.56 Å². The van der Waals surface area contributed by atoms with Gasteiger partial charge in [-0.2, -0.15) is 0 Å². The van der Waals surface area contributed by atoms with Gasteiger partial charge in [-0.05, 0) is 29.2 Å². The first-order valence-electron chi connectivity index (χ1n) is 12.5. The normalized spacial score (nSPS) is 15.9. The molecule has 2 aromatic carbocycles. The van der Waals surface area contributed by atoms with Gasteiger partial charge in [-0.1, -0.05) is 57.2 Å². The average Bonchev–Trinajstić information content (AvgIpc) is 2.92. The number of hydrogen-bond donors (Lipinski definition) is 3. The zero-order valence-electron chi connectivity index (χ0n) is 22.0. The number of piperazine rings is 1. The van der Waals surface area contributed by atoms with Crippen molar-refractivity contribution in [1.29, 1.82) is 0 Å². The summed E-state index contributed by atoms with van der Waals surface area (Å²) in [6.07, 6.45) is 3.38. The van der Waals surface area contributed by atoms with Crippen LogP contribution in [0.1, 0.15) is 42.7 Å². The van der Waals surface area contributed by atoms with Gasteiger partial charge < -0.3 is 26.4 Å². The van der Waals surface area contributed by atoms with Crippen molar-refractivity contribution in [3.63, 3.8) is 0 Å². The van der Waals surface area contributed by atoms with Gasteiger partial charge >= 0.3 is 0 Å². The lowest BCUT2D eigenvalue weighted by molar-refractivity contribution is 0.0743. The smallest absolute Gasteiger partial charge is 0.257 e. The average molecular weight is 515 g/mol. The second-order valence-corrected chi connectivity index (χ2v) is 10.2. The van der Waals surface area contributed by atoms with Crippen molar-refractivity contribution in [3.05, 3.63) is 78.1 Å². The highest BCUT2D eigenvalue weighted by atomic mass is 16.3. The van der Waals surface area contributed by atoms with E-state index in [1.54, 1.807) is 41.6 Å². The predicted octanol–water partition coefficient (Wildman–Crippen LogP) is 3.28. The zero-order chi connectivity index (χ0) is 27.3. The first-order valence-corrected chi connectivity index (χ1v) is 12.5. The Bertz CT molecular complexity index is 1310. The van der Waals surface area contributed by atoms with E-state index in [0.29, 0.717) is 32.1 Å². The number of phenols is 1. The van der Waals surface area contributed by atoms with Crippen LogP contribution >= 0.6 is 0 Å². The Kier molecular flexibility index (Phi) is 7.90. The Morgan fingerprint density at radius 3 is 2.21 bits per heavy atom. The lowest BCUT2D eigenvalue weighted by Gasteiger charge is -2.34. The van der Waals surface area contributed by atoms with E-state index in [1.807, 2.05) is 35.2 Å². The Morgan fingerprint density at radius 2 is 1.58 bits per heavy atom. The second kappa shape index (κ2) is 11.3. The van der Waals surface area contributed by atoms with Gasteiger partial charge in [0.1, 0.15) is 5.69 Å². The molecule has 2 heterocycles. The van der Waals surface area contributed by atoms with Crippen LogP contribution in [0.15, 0.2) is 77.0 Å². The molecular weight excluding hydrogens is 480 g/mol. The summed E-state index contributed by atoms with van der Waals surface area (Å²) in [5.74, 6) is 0.118. The zero-order valence-corrected chi connectivity index (χ0v) is 22.0. The number of amidine groups is 2. The Hall–Kier alpha value is -4.47. The molecule has 1 atom stereocenters. The van der Waals surface area contributed by atoms with Gasteiger partial charge in [0, 0.05) is 38.6 Å². The molecule has 5 N–H and O–H groups in total. The highest BCUT2D eigenvalue weighted by molar-refractivity contribution is 6.39. The summed E-state index contributed by atoms with van der Waals surface area (Å²) in [6.45, 7) is 8.33. The van der Waals surface area contributed by atoms with Crippen LogP contribution < -0.4 is 16.4 Å². The molecule has 1 aromatic heterocycles. The molecule has 1 amide bonds. The lowest BCUT2D eigenvalue weighted by Crippen LogP contribution is -2.49. The highest BCUT2D eigenvalue weighted by Crippen LogP contribution is 2.36. The number of benzene rings is 2. The molecule has 0 saturated carbocycles. The maximum atomic E-state index is 13.2. The molecule has 4 rings (SSSR count). The molecule has 10 nitrogen and oxygen atoms in total. The third-order valence-corrected chi connectivity index (χ3v) is 6.35. The van der Waals surface area contributed by atoms with Crippen LogP contribution in [0.2, 0.25) is 0 Å². The summed E-state index contributed by atoms with van der Waals surface area (Å²) < 4.78 is 0. The number of aliphatic imine (C=N–C) groups is 2. The SMILES string of the molecule is CC(C)(C)[C@@H](N=C(N)C(N)=Nc1cccc(C(=O)N2CCN(c3ncccn3)CC2)c1O)c1ccccc1. The predicted molar refractivity (Wildman–Crippen MR) is 150 cm³/mol. The van der Waals surface area contributed by atoms with Crippen molar-refractivity contribution in [2.24, 2.45) is 26.9 Å². The third-order valence-electron chi connectivity index (χ3n) is 6.35. The largest absolute Gasteiger partial charge is 0.505 e. The minimum absolute atomic E-state index is 0.0356. The first-order chi connectivity index (χ1) is 18.1. The van der Waals surface area contributed by atoms with Crippen LogP contribution in [0.5, 0.6) is 5.75 Å². The minimum atomic E-state index is -0.287. The number of carbonyl (C=O) groups excluding carboxylic acids is 1. The minimum Gasteiger partial charge on any atom is -0.505 e. The van der Waals surface area contributed by atoms with Gasteiger partial charge in [-0.25, -0.2) is 15.0 Å². The maximum absolute atomic E-state index is 13.2. The maximum Gasteiger partial charge on any atom is 0.257 e. The number of rotatable bonds is 5. The summed E-state index contributed by atoms with van der Waals surface area (Å²) in [6, 6.07) is 16.2. The molecule has 0 bridgehead atoms. The van der Waals surface area contributed by atoms with Gasteiger partial charge in [-0.15, -0.1) is 0 Å². The first kappa shape index (κ1) is 26.6. The number of nitrogens with zero attached hydrogens (tertiary/aromatic N) is 6. The van der Waals surface area contributed by atoms with Crippen molar-refractivity contribution < 1.29 is 9.90 Å². The topological polar surface area (TPSA) is 146 Å². The number of phenolic OH excluding ortho intramolecular Hbond substituents is 1. The van der Waals surface area contributed by atoms with Crippen LogP contribution in [0.25, 0.3) is 0 Å². The van der Waals surface area contributed by atoms with Crippen LogP contribution in [-0.4, -0.2) is 63.7 Å². The monoisotopic (exact) mass is 514 g/mol. The third kappa shape index (κ3) is 6.08. The number of para-hydroxylation sites is 1. The molecule has 0 unspecified atom stereocenters. The van der Waals surface area contributed by atoms with E-state index in [2.05, 4.69) is 40.7 Å². The highest BCUT2D eigenvalue weighted by Gasteiger charge is 2.27. The Morgan fingerprint density at radius 1 is 0.921 bits per heavy atom. The fraction of sp³-hybridized carbons (Fsp3) is 0.321. The Balaban J connectivity index is 1.52. The number of carbonyl (C=O) groups is 1. The van der Waals surface area contributed by atoms with Crippen molar-refractivity contribution in [1.82, 2.24) is 14.9 Å². The molecular formula is C28H34N8O2. The van der Waals surface area contributed by atoms with Crippen molar-refractivity contribution in [2.45, 2.75) is 26.8 Å². The molecule has 198 valence electrons. The molecule has 0 aliphatic carbocycles. The van der Waals surface area contributed by atoms with Gasteiger partial charge in [-0.3, -0.25) is 9.79 Å². The molecule has 38 heavy (non-hydrogen) atoms. The second-order valence-electron chi connectivity index (χ2n) is 10.2. The summed E-state index contributed by atoms with van der Waals surface area (Å²) in [5, 5.41) is 10.9. The van der Waals surface area contributed by atoms with E-state index < -0.39 is 0 Å². The van der Waals surface area contributed by atoms with Gasteiger partial charge in [0.2, 0.25) is 5.95 Å². The van der Waals surface area contributed by atoms with Crippen molar-refractivity contribution >= 4 is 29.2 Å². The molecule has 0 spiro atoms. The van der Waals surface area contributed by atoms with Gasteiger partial charge in [0.25, 0.3) is 5.91 Å².